The number of hydrogen-bond acceptors (Lipinski definition) is 2. The number of nitrogens with zero attached hydrogens (tertiary/aromatic N) is 4. The van der Waals surface area contributed by atoms with E-state index in [-0.39, 0.29) is 0 Å². The van der Waals surface area contributed by atoms with Crippen LogP contribution in [0, 0.1) is 18.8 Å². The minimum Gasteiger partial charge on any atom is -0.354 e. The lowest BCUT2D eigenvalue weighted by Gasteiger charge is -2.22. The van der Waals surface area contributed by atoms with Crippen molar-refractivity contribution in [3.8, 4) is 0 Å². The summed E-state index contributed by atoms with van der Waals surface area (Å²) >= 11 is 0. The van der Waals surface area contributed by atoms with Gasteiger partial charge in [0.15, 0.2) is 5.96 Å². The number of fused-ring (bicyclic) bond motifs is 1. The van der Waals surface area contributed by atoms with E-state index in [0.717, 1.165) is 30.9 Å². The topological polar surface area (TPSA) is 45.5 Å². The van der Waals surface area contributed by atoms with Crippen molar-refractivity contribution < 1.29 is 0 Å². The predicted molar refractivity (Wildman–Crippen MR) is 85.3 cm³/mol. The van der Waals surface area contributed by atoms with Gasteiger partial charge in [-0.3, -0.25) is 9.67 Å². The van der Waals surface area contributed by atoms with Gasteiger partial charge in [-0.15, -0.1) is 0 Å². The molecule has 5 nitrogen and oxygen atoms in total. The molecule has 5 heteroatoms. The molecule has 1 aromatic heterocycles. The summed E-state index contributed by atoms with van der Waals surface area (Å²) in [5.41, 5.74) is 1.21. The minimum atomic E-state index is 0.875. The largest absolute Gasteiger partial charge is 0.354 e. The van der Waals surface area contributed by atoms with Gasteiger partial charge in [0.2, 0.25) is 0 Å². The molecule has 1 aliphatic carbocycles. The molecule has 21 heavy (non-hydrogen) atoms. The molecule has 0 radical (unpaired) electrons. The maximum absolute atomic E-state index is 4.47. The first-order valence-electron chi connectivity index (χ1n) is 8.21. The zero-order valence-electron chi connectivity index (χ0n) is 13.3. The Bertz CT molecular complexity index is 479. The van der Waals surface area contributed by atoms with Crippen molar-refractivity contribution in [2.24, 2.45) is 16.8 Å². The van der Waals surface area contributed by atoms with Gasteiger partial charge in [0.25, 0.3) is 0 Å². The number of rotatable bonds is 3. The molecule has 1 saturated heterocycles. The maximum Gasteiger partial charge on any atom is 0.193 e. The average Bonchev–Trinajstić information content (AvgIpc) is 3.09. The normalized spacial score (nSPS) is 26.0. The molecule has 0 aromatic carbocycles. The van der Waals surface area contributed by atoms with Crippen LogP contribution in [0.5, 0.6) is 0 Å². The Morgan fingerprint density at radius 1 is 1.33 bits per heavy atom. The van der Waals surface area contributed by atoms with E-state index in [2.05, 4.69) is 33.4 Å². The molecule has 0 amide bonds. The van der Waals surface area contributed by atoms with Crippen LogP contribution in [0.4, 0.5) is 0 Å². The number of hydrogen-bond donors (Lipinski definition) is 1. The Morgan fingerprint density at radius 3 is 2.62 bits per heavy atom. The Labute approximate surface area is 127 Å². The summed E-state index contributed by atoms with van der Waals surface area (Å²) in [6.07, 6.45) is 9.63. The van der Waals surface area contributed by atoms with Gasteiger partial charge in [-0.2, -0.15) is 5.10 Å². The van der Waals surface area contributed by atoms with E-state index in [9.17, 15) is 0 Å². The summed E-state index contributed by atoms with van der Waals surface area (Å²) < 4.78 is 1.99. The highest BCUT2D eigenvalue weighted by Gasteiger charge is 2.35. The van der Waals surface area contributed by atoms with Crippen molar-refractivity contribution in [2.45, 2.75) is 39.2 Å². The van der Waals surface area contributed by atoms with Crippen LogP contribution in [-0.4, -0.2) is 47.3 Å². The molecule has 1 saturated carbocycles. The maximum atomic E-state index is 4.47. The summed E-state index contributed by atoms with van der Waals surface area (Å²) in [7, 11) is 1.89. The Balaban J connectivity index is 1.49. The van der Waals surface area contributed by atoms with Crippen LogP contribution >= 0.6 is 0 Å². The van der Waals surface area contributed by atoms with Crippen molar-refractivity contribution in [1.82, 2.24) is 20.0 Å². The van der Waals surface area contributed by atoms with Gasteiger partial charge in [0.1, 0.15) is 0 Å². The van der Waals surface area contributed by atoms with Gasteiger partial charge in [0, 0.05) is 32.9 Å². The summed E-state index contributed by atoms with van der Waals surface area (Å²) in [6, 6.07) is 0. The molecule has 2 unspecified atom stereocenters. The van der Waals surface area contributed by atoms with E-state index in [0.29, 0.717) is 0 Å². The van der Waals surface area contributed by atoms with E-state index in [1.54, 1.807) is 0 Å². The van der Waals surface area contributed by atoms with Gasteiger partial charge in [-0.1, -0.05) is 12.8 Å². The Morgan fingerprint density at radius 2 is 2.05 bits per heavy atom. The van der Waals surface area contributed by atoms with Gasteiger partial charge < -0.3 is 10.2 Å². The molecule has 2 atom stereocenters. The number of aliphatic imine (C=N–C) groups is 1. The molecule has 1 aliphatic heterocycles. The lowest BCUT2D eigenvalue weighted by atomic mass is 9.82. The highest BCUT2D eigenvalue weighted by Crippen LogP contribution is 2.35. The van der Waals surface area contributed by atoms with E-state index in [1.807, 2.05) is 17.9 Å². The number of nitrogens with one attached hydrogen (secondary N) is 1. The fourth-order valence-electron chi connectivity index (χ4n) is 3.78. The molecule has 2 heterocycles. The standard InChI is InChI=1S/C16H27N5/c1-13-9-19-21(10-13)8-7-18-16(17-2)20-11-14-5-3-4-6-15(14)12-20/h9-10,14-15H,3-8,11-12H2,1-2H3,(H,17,18). The summed E-state index contributed by atoms with van der Waals surface area (Å²) in [5, 5.41) is 7.81. The second-order valence-corrected chi connectivity index (χ2v) is 6.46. The van der Waals surface area contributed by atoms with E-state index >= 15 is 0 Å². The number of aromatic nitrogens is 2. The van der Waals surface area contributed by atoms with Crippen LogP contribution in [0.25, 0.3) is 0 Å². The van der Waals surface area contributed by atoms with Crippen LogP contribution in [0.3, 0.4) is 0 Å². The molecule has 116 valence electrons. The number of aryl methyl sites for hydroxylation is 1. The van der Waals surface area contributed by atoms with E-state index < -0.39 is 0 Å². The zero-order chi connectivity index (χ0) is 14.7. The van der Waals surface area contributed by atoms with E-state index in [1.165, 1.54) is 44.3 Å². The molecular formula is C16H27N5. The van der Waals surface area contributed by atoms with Crippen LogP contribution in [0.2, 0.25) is 0 Å². The van der Waals surface area contributed by atoms with Gasteiger partial charge in [0.05, 0.1) is 12.7 Å². The second kappa shape index (κ2) is 6.50. The fourth-order valence-corrected chi connectivity index (χ4v) is 3.78. The van der Waals surface area contributed by atoms with Crippen molar-refractivity contribution in [2.75, 3.05) is 26.7 Å². The average molecular weight is 289 g/mol. The van der Waals surface area contributed by atoms with Crippen LogP contribution in [-0.2, 0) is 6.54 Å². The molecular weight excluding hydrogens is 262 g/mol. The first-order valence-corrected chi connectivity index (χ1v) is 8.21. The van der Waals surface area contributed by atoms with Crippen LogP contribution in [0.15, 0.2) is 17.4 Å². The number of guanidine groups is 1. The molecule has 1 aromatic rings. The van der Waals surface area contributed by atoms with Crippen molar-refractivity contribution in [3.05, 3.63) is 18.0 Å². The first-order chi connectivity index (χ1) is 10.3. The Kier molecular flexibility index (Phi) is 4.46. The third-order valence-electron chi connectivity index (χ3n) is 4.87. The van der Waals surface area contributed by atoms with E-state index in [4.69, 9.17) is 0 Å². The fraction of sp³-hybridized carbons (Fsp3) is 0.750. The lowest BCUT2D eigenvalue weighted by molar-refractivity contribution is 0.299. The third kappa shape index (κ3) is 3.39. The highest BCUT2D eigenvalue weighted by atomic mass is 15.3. The van der Waals surface area contributed by atoms with Crippen molar-refractivity contribution >= 4 is 5.96 Å². The summed E-state index contributed by atoms with van der Waals surface area (Å²) in [4.78, 5) is 6.92. The smallest absolute Gasteiger partial charge is 0.193 e. The van der Waals surface area contributed by atoms with Gasteiger partial charge in [-0.25, -0.2) is 0 Å². The monoisotopic (exact) mass is 289 g/mol. The van der Waals surface area contributed by atoms with Crippen molar-refractivity contribution in [3.63, 3.8) is 0 Å². The van der Waals surface area contributed by atoms with Gasteiger partial charge >= 0.3 is 0 Å². The third-order valence-corrected chi connectivity index (χ3v) is 4.87. The second-order valence-electron chi connectivity index (χ2n) is 6.46. The molecule has 2 fully saturated rings. The molecule has 1 N–H and O–H groups in total. The first kappa shape index (κ1) is 14.4. The minimum absolute atomic E-state index is 0.875. The quantitative estimate of drug-likeness (QED) is 0.683. The van der Waals surface area contributed by atoms with Crippen LogP contribution in [0.1, 0.15) is 31.2 Å². The van der Waals surface area contributed by atoms with Gasteiger partial charge in [-0.05, 0) is 37.2 Å². The summed E-state index contributed by atoms with van der Waals surface area (Å²) in [6.45, 7) is 6.20. The Hall–Kier alpha value is -1.52. The molecule has 0 spiro atoms. The molecule has 3 rings (SSSR count). The SMILES string of the molecule is CN=C(NCCn1cc(C)cn1)N1CC2CCCCC2C1. The highest BCUT2D eigenvalue weighted by molar-refractivity contribution is 5.80. The zero-order valence-corrected chi connectivity index (χ0v) is 13.3. The molecule has 2 aliphatic rings. The number of likely N-dealkylation sites (tertiary alicyclic amines) is 1. The predicted octanol–water partition coefficient (Wildman–Crippen LogP) is 1.89. The molecule has 0 bridgehead atoms. The summed E-state index contributed by atoms with van der Waals surface area (Å²) in [5.74, 6) is 2.85. The van der Waals surface area contributed by atoms with Crippen molar-refractivity contribution in [1.29, 1.82) is 0 Å². The lowest BCUT2D eigenvalue weighted by Crippen LogP contribution is -2.41. The van der Waals surface area contributed by atoms with Crippen LogP contribution < -0.4 is 5.32 Å².